The highest BCUT2D eigenvalue weighted by atomic mass is 32.1. The van der Waals surface area contributed by atoms with Crippen LogP contribution in [0.2, 0.25) is 0 Å². The van der Waals surface area contributed by atoms with E-state index in [4.69, 9.17) is 12.2 Å². The molecule has 0 spiro atoms. The summed E-state index contributed by atoms with van der Waals surface area (Å²) in [7, 11) is 0. The smallest absolute Gasteiger partial charge is 0.0329 e. The summed E-state index contributed by atoms with van der Waals surface area (Å²) >= 11 is 5.60. The number of thiocarbonyl (C=S) groups is 1. The Labute approximate surface area is 133 Å². The van der Waals surface area contributed by atoms with Crippen LogP contribution in [0.4, 0.5) is 0 Å². The molecular weight excluding hydrogens is 274 g/mol. The van der Waals surface area contributed by atoms with E-state index in [1.165, 1.54) is 47.9 Å². The van der Waals surface area contributed by atoms with E-state index in [-0.39, 0.29) is 0 Å². The minimum atomic E-state index is 0.486. The molecule has 1 unspecified atom stereocenters. The fourth-order valence-corrected chi connectivity index (χ4v) is 3.70. The van der Waals surface area contributed by atoms with Gasteiger partial charge in [-0.3, -0.25) is 0 Å². The maximum atomic E-state index is 5.60. The molecule has 1 nitrogen and oxygen atoms in total. The molecule has 0 saturated heterocycles. The van der Waals surface area contributed by atoms with E-state index in [1.54, 1.807) is 0 Å². The van der Waals surface area contributed by atoms with Crippen molar-refractivity contribution in [3.8, 4) is 0 Å². The summed E-state index contributed by atoms with van der Waals surface area (Å²) < 4.78 is 0. The van der Waals surface area contributed by atoms with Gasteiger partial charge in [0, 0.05) is 17.3 Å². The third-order valence-corrected chi connectivity index (χ3v) is 4.80. The zero-order chi connectivity index (χ0) is 14.7. The van der Waals surface area contributed by atoms with Crippen molar-refractivity contribution in [2.75, 3.05) is 6.54 Å². The maximum absolute atomic E-state index is 5.60. The van der Waals surface area contributed by atoms with Crippen LogP contribution in [-0.4, -0.2) is 11.4 Å². The average Bonchev–Trinajstić information content (AvgIpc) is 2.53. The zero-order valence-corrected chi connectivity index (χ0v) is 13.5. The molecule has 0 radical (unpaired) electrons. The van der Waals surface area contributed by atoms with Crippen LogP contribution in [0.1, 0.15) is 55.3 Å². The summed E-state index contributed by atoms with van der Waals surface area (Å²) in [6, 6.07) is 7.22. The third kappa shape index (κ3) is 3.02. The lowest BCUT2D eigenvalue weighted by Crippen LogP contribution is -2.27. The average molecular weight is 297 g/mol. The van der Waals surface area contributed by atoms with Gasteiger partial charge in [-0.25, -0.2) is 0 Å². The maximum Gasteiger partial charge on any atom is 0.0329 e. The molecule has 2 aliphatic carbocycles. The first-order valence-electron chi connectivity index (χ1n) is 8.07. The summed E-state index contributed by atoms with van der Waals surface area (Å²) in [6.45, 7) is 3.31. The molecule has 2 heteroatoms. The number of benzene rings is 1. The molecule has 1 atom stereocenters. The number of allylic oxidation sites excluding steroid dienone is 4. The van der Waals surface area contributed by atoms with Gasteiger partial charge < -0.3 is 5.32 Å². The molecule has 2 aliphatic rings. The van der Waals surface area contributed by atoms with Crippen LogP contribution in [0.25, 0.3) is 5.57 Å². The van der Waals surface area contributed by atoms with Crippen LogP contribution in [0.15, 0.2) is 36.4 Å². The van der Waals surface area contributed by atoms with E-state index >= 15 is 0 Å². The summed E-state index contributed by atoms with van der Waals surface area (Å²) in [4.78, 5) is 1.07. The second kappa shape index (κ2) is 6.67. The number of nitrogens with one attached hydrogen (secondary N) is 1. The van der Waals surface area contributed by atoms with Gasteiger partial charge in [0.25, 0.3) is 0 Å². The molecule has 0 saturated carbocycles. The van der Waals surface area contributed by atoms with Gasteiger partial charge in [0.2, 0.25) is 0 Å². The normalized spacial score (nSPS) is 21.1. The fraction of sp³-hybridized carbons (Fsp3) is 0.421. The predicted molar refractivity (Wildman–Crippen MR) is 94.7 cm³/mol. The Balaban J connectivity index is 2.04. The second-order valence-electron chi connectivity index (χ2n) is 5.91. The summed E-state index contributed by atoms with van der Waals surface area (Å²) in [6.07, 6.45) is 12.3. The van der Waals surface area contributed by atoms with Crippen molar-refractivity contribution in [3.63, 3.8) is 0 Å². The highest BCUT2D eigenvalue weighted by Crippen LogP contribution is 2.36. The second-order valence-corrected chi connectivity index (χ2v) is 6.41. The SMILES string of the molecule is CCCNC1CCCc2cccc(C3=CC=CCC3=S)c21. The van der Waals surface area contributed by atoms with Gasteiger partial charge in [0.05, 0.1) is 0 Å². The standard InChI is InChI=1S/C19H23NS/c1-2-13-20-17-11-6-8-14-7-5-10-16(19(14)17)15-9-3-4-12-18(15)21/h3-5,7,9-10,17,20H,2,6,8,11-13H2,1H3. The van der Waals surface area contributed by atoms with Crippen molar-refractivity contribution >= 4 is 22.7 Å². The Morgan fingerprint density at radius 3 is 3.05 bits per heavy atom. The van der Waals surface area contributed by atoms with Crippen LogP contribution in [-0.2, 0) is 6.42 Å². The van der Waals surface area contributed by atoms with E-state index < -0.39 is 0 Å². The molecule has 110 valence electrons. The van der Waals surface area contributed by atoms with E-state index in [2.05, 4.69) is 48.7 Å². The van der Waals surface area contributed by atoms with Crippen molar-refractivity contribution in [1.82, 2.24) is 5.32 Å². The lowest BCUT2D eigenvalue weighted by atomic mass is 9.81. The van der Waals surface area contributed by atoms with Gasteiger partial charge in [0.15, 0.2) is 0 Å². The largest absolute Gasteiger partial charge is 0.310 e. The molecule has 0 bridgehead atoms. The molecule has 0 amide bonds. The van der Waals surface area contributed by atoms with Crippen molar-refractivity contribution in [1.29, 1.82) is 0 Å². The van der Waals surface area contributed by atoms with E-state index in [9.17, 15) is 0 Å². The van der Waals surface area contributed by atoms with Crippen molar-refractivity contribution in [2.24, 2.45) is 0 Å². The number of fused-ring (bicyclic) bond motifs is 1. The summed E-state index contributed by atoms with van der Waals surface area (Å²) in [5.74, 6) is 0. The molecular formula is C19H23NS. The molecule has 0 heterocycles. The van der Waals surface area contributed by atoms with Crippen LogP contribution in [0.3, 0.4) is 0 Å². The molecule has 0 aromatic heterocycles. The molecule has 21 heavy (non-hydrogen) atoms. The third-order valence-electron chi connectivity index (χ3n) is 4.42. The Morgan fingerprint density at radius 1 is 1.33 bits per heavy atom. The van der Waals surface area contributed by atoms with E-state index in [0.717, 1.165) is 17.8 Å². The van der Waals surface area contributed by atoms with Gasteiger partial charge in [-0.15, -0.1) is 0 Å². The topological polar surface area (TPSA) is 12.0 Å². The van der Waals surface area contributed by atoms with Crippen LogP contribution in [0, 0.1) is 0 Å². The van der Waals surface area contributed by atoms with E-state index in [0.29, 0.717) is 6.04 Å². The van der Waals surface area contributed by atoms with Crippen molar-refractivity contribution in [2.45, 2.75) is 45.1 Å². The fourth-order valence-electron chi connectivity index (χ4n) is 3.42. The molecule has 1 aromatic carbocycles. The van der Waals surface area contributed by atoms with Gasteiger partial charge in [-0.2, -0.15) is 0 Å². The van der Waals surface area contributed by atoms with Crippen LogP contribution >= 0.6 is 12.2 Å². The summed E-state index contributed by atoms with van der Waals surface area (Å²) in [5.41, 5.74) is 5.62. The van der Waals surface area contributed by atoms with Crippen molar-refractivity contribution < 1.29 is 0 Å². The Kier molecular flexibility index (Phi) is 4.67. The van der Waals surface area contributed by atoms with Gasteiger partial charge in [-0.05, 0) is 54.5 Å². The monoisotopic (exact) mass is 297 g/mol. The molecule has 1 N–H and O–H groups in total. The molecule has 0 aliphatic heterocycles. The quantitative estimate of drug-likeness (QED) is 0.803. The van der Waals surface area contributed by atoms with Crippen molar-refractivity contribution in [3.05, 3.63) is 53.1 Å². The Hall–Kier alpha value is -1.25. The minimum Gasteiger partial charge on any atom is -0.310 e. The van der Waals surface area contributed by atoms with Gasteiger partial charge in [-0.1, -0.05) is 55.6 Å². The Bertz CT molecular complexity index is 598. The first-order chi connectivity index (χ1) is 10.3. The zero-order valence-electron chi connectivity index (χ0n) is 12.7. The first-order valence-corrected chi connectivity index (χ1v) is 8.47. The van der Waals surface area contributed by atoms with Crippen LogP contribution < -0.4 is 5.32 Å². The molecule has 3 rings (SSSR count). The highest BCUT2D eigenvalue weighted by Gasteiger charge is 2.24. The van der Waals surface area contributed by atoms with Gasteiger partial charge in [0.1, 0.15) is 0 Å². The Morgan fingerprint density at radius 2 is 2.24 bits per heavy atom. The number of hydrogen-bond donors (Lipinski definition) is 1. The lowest BCUT2D eigenvalue weighted by Gasteiger charge is -2.30. The first kappa shape index (κ1) is 14.7. The molecule has 1 aromatic rings. The number of aryl methyl sites for hydroxylation is 1. The summed E-state index contributed by atoms with van der Waals surface area (Å²) in [5, 5.41) is 3.73. The number of rotatable bonds is 4. The molecule has 0 fully saturated rings. The van der Waals surface area contributed by atoms with Gasteiger partial charge >= 0.3 is 0 Å². The van der Waals surface area contributed by atoms with E-state index in [1.807, 2.05) is 0 Å². The highest BCUT2D eigenvalue weighted by molar-refractivity contribution is 7.81. The van der Waals surface area contributed by atoms with Crippen LogP contribution in [0.5, 0.6) is 0 Å². The minimum absolute atomic E-state index is 0.486. The predicted octanol–water partition coefficient (Wildman–Crippen LogP) is 4.78. The lowest BCUT2D eigenvalue weighted by molar-refractivity contribution is 0.459. The number of hydrogen-bond acceptors (Lipinski definition) is 2.